The number of carbonyl (C=O) groups excluding carboxylic acids is 6. The standard InChI is InChI=1S/C31H29N3O12/c35-15-18-16-45-23-6-4-19(14-21(23)28(18)38)44-13-12-43-11-10-42-9-8-32-26(37)17-46-24-3-1-2-20-27(24)31(41)34(30(20)40)22-5-7-25(36)33-29(22)39/h1-4,6,14-16,22H,5,7-13,17H2,(H,32,37)(H,33,36,39). The van der Waals surface area contributed by atoms with Gasteiger partial charge in [-0.05, 0) is 36.8 Å². The van der Waals surface area contributed by atoms with Crippen LogP contribution in [-0.4, -0.2) is 92.9 Å². The fourth-order valence-electron chi connectivity index (χ4n) is 4.90. The van der Waals surface area contributed by atoms with E-state index in [-0.39, 0.29) is 80.2 Å². The number of piperidine rings is 1. The molecule has 2 aliphatic rings. The quantitative estimate of drug-likeness (QED) is 0.134. The molecule has 0 bridgehead atoms. The van der Waals surface area contributed by atoms with Crippen LogP contribution in [0.25, 0.3) is 11.0 Å². The molecule has 1 saturated heterocycles. The zero-order valence-electron chi connectivity index (χ0n) is 24.4. The van der Waals surface area contributed by atoms with Gasteiger partial charge >= 0.3 is 0 Å². The highest BCUT2D eigenvalue weighted by Crippen LogP contribution is 2.33. The smallest absolute Gasteiger partial charge is 0.266 e. The maximum absolute atomic E-state index is 13.1. The Morgan fingerprint density at radius 1 is 0.978 bits per heavy atom. The van der Waals surface area contributed by atoms with E-state index in [9.17, 15) is 33.6 Å². The first kappa shape index (κ1) is 32.0. The largest absolute Gasteiger partial charge is 0.491 e. The van der Waals surface area contributed by atoms with Crippen molar-refractivity contribution in [2.24, 2.45) is 0 Å². The number of hydrogen-bond acceptors (Lipinski definition) is 12. The molecule has 240 valence electrons. The maximum Gasteiger partial charge on any atom is 0.266 e. The topological polar surface area (TPSA) is 197 Å². The van der Waals surface area contributed by atoms with Crippen LogP contribution in [0.5, 0.6) is 11.5 Å². The van der Waals surface area contributed by atoms with Crippen molar-refractivity contribution in [3.63, 3.8) is 0 Å². The monoisotopic (exact) mass is 635 g/mol. The van der Waals surface area contributed by atoms with Gasteiger partial charge in [0.1, 0.15) is 36.0 Å². The van der Waals surface area contributed by atoms with Crippen molar-refractivity contribution in [1.82, 2.24) is 15.5 Å². The summed E-state index contributed by atoms with van der Waals surface area (Å²) >= 11 is 0. The molecule has 2 aliphatic heterocycles. The minimum Gasteiger partial charge on any atom is -0.491 e. The summed E-state index contributed by atoms with van der Waals surface area (Å²) < 4.78 is 27.3. The lowest BCUT2D eigenvalue weighted by molar-refractivity contribution is -0.136. The molecule has 15 nitrogen and oxygen atoms in total. The summed E-state index contributed by atoms with van der Waals surface area (Å²) in [6.45, 7) is 0.934. The minimum atomic E-state index is -1.11. The summed E-state index contributed by atoms with van der Waals surface area (Å²) in [5.74, 6) is -2.63. The Labute approximate surface area is 260 Å². The highest BCUT2D eigenvalue weighted by molar-refractivity contribution is 6.24. The predicted octanol–water partition coefficient (Wildman–Crippen LogP) is 0.614. The first-order chi connectivity index (χ1) is 22.3. The number of hydrogen-bond donors (Lipinski definition) is 2. The fourth-order valence-corrected chi connectivity index (χ4v) is 4.90. The van der Waals surface area contributed by atoms with Crippen molar-refractivity contribution < 1.29 is 52.1 Å². The van der Waals surface area contributed by atoms with Gasteiger partial charge in [0, 0.05) is 13.0 Å². The molecule has 5 rings (SSSR count). The zero-order valence-corrected chi connectivity index (χ0v) is 24.4. The SMILES string of the molecule is O=Cc1coc2ccc(OCCOCCOCCNC(=O)COc3cccc4c3C(=O)N(C3CCC(=O)NC3=O)C4=O)cc2c1=O. The number of benzene rings is 2. The van der Waals surface area contributed by atoms with E-state index in [1.807, 2.05) is 0 Å². The van der Waals surface area contributed by atoms with Crippen LogP contribution in [-0.2, 0) is 23.9 Å². The molecule has 2 aromatic carbocycles. The van der Waals surface area contributed by atoms with Crippen molar-refractivity contribution in [2.75, 3.05) is 46.2 Å². The lowest BCUT2D eigenvalue weighted by Gasteiger charge is -2.27. The molecule has 1 atom stereocenters. The molecular weight excluding hydrogens is 606 g/mol. The number of carbonyl (C=O) groups is 6. The van der Waals surface area contributed by atoms with E-state index < -0.39 is 47.6 Å². The van der Waals surface area contributed by atoms with E-state index in [1.165, 1.54) is 24.3 Å². The van der Waals surface area contributed by atoms with Crippen LogP contribution in [0.2, 0.25) is 0 Å². The number of rotatable bonds is 15. The van der Waals surface area contributed by atoms with Gasteiger partial charge in [0.05, 0.1) is 48.5 Å². The van der Waals surface area contributed by atoms with Gasteiger partial charge < -0.3 is 28.7 Å². The summed E-state index contributed by atoms with van der Waals surface area (Å²) in [6, 6.07) is 7.99. The lowest BCUT2D eigenvalue weighted by Crippen LogP contribution is -2.54. The van der Waals surface area contributed by atoms with Gasteiger partial charge in [0.25, 0.3) is 17.7 Å². The van der Waals surface area contributed by atoms with Crippen LogP contribution in [0.15, 0.2) is 51.9 Å². The van der Waals surface area contributed by atoms with Crippen molar-refractivity contribution in [1.29, 1.82) is 0 Å². The van der Waals surface area contributed by atoms with E-state index >= 15 is 0 Å². The predicted molar refractivity (Wildman–Crippen MR) is 157 cm³/mol. The van der Waals surface area contributed by atoms with Gasteiger partial charge in [0.2, 0.25) is 17.2 Å². The Kier molecular flexibility index (Phi) is 10.1. The molecule has 0 aliphatic carbocycles. The molecule has 3 aromatic rings. The molecule has 46 heavy (non-hydrogen) atoms. The highest BCUT2D eigenvalue weighted by atomic mass is 16.5. The Balaban J connectivity index is 0.963. The van der Waals surface area contributed by atoms with Gasteiger partial charge in [-0.15, -0.1) is 0 Å². The van der Waals surface area contributed by atoms with E-state index in [2.05, 4.69) is 10.6 Å². The Morgan fingerprint density at radius 3 is 2.54 bits per heavy atom. The summed E-state index contributed by atoms with van der Waals surface area (Å²) in [5, 5.41) is 5.00. The van der Waals surface area contributed by atoms with Gasteiger partial charge in [0.15, 0.2) is 12.9 Å². The van der Waals surface area contributed by atoms with Crippen molar-refractivity contribution in [2.45, 2.75) is 18.9 Å². The van der Waals surface area contributed by atoms with Crippen LogP contribution in [0, 0.1) is 0 Å². The first-order valence-corrected chi connectivity index (χ1v) is 14.3. The number of nitrogens with zero attached hydrogens (tertiary/aromatic N) is 1. The Hall–Kier alpha value is -5.41. The van der Waals surface area contributed by atoms with Crippen LogP contribution in [0.1, 0.15) is 43.9 Å². The molecule has 2 N–H and O–H groups in total. The van der Waals surface area contributed by atoms with Crippen molar-refractivity contribution >= 4 is 46.8 Å². The molecular formula is C31H29N3O12. The third-order valence-electron chi connectivity index (χ3n) is 7.12. The van der Waals surface area contributed by atoms with Crippen LogP contribution in [0.3, 0.4) is 0 Å². The van der Waals surface area contributed by atoms with E-state index in [0.717, 1.165) is 11.2 Å². The fraction of sp³-hybridized carbons (Fsp3) is 0.323. The average molecular weight is 636 g/mol. The normalized spacial score (nSPS) is 15.9. The molecule has 1 aromatic heterocycles. The van der Waals surface area contributed by atoms with E-state index in [1.54, 1.807) is 12.1 Å². The van der Waals surface area contributed by atoms with E-state index in [4.69, 9.17) is 23.4 Å². The summed E-state index contributed by atoms with van der Waals surface area (Å²) in [6.07, 6.45) is 1.58. The second kappa shape index (κ2) is 14.6. The first-order valence-electron chi connectivity index (χ1n) is 14.3. The minimum absolute atomic E-state index is 0.00125. The number of amides is 5. The lowest BCUT2D eigenvalue weighted by atomic mass is 10.0. The number of nitrogens with one attached hydrogen (secondary N) is 2. The third kappa shape index (κ3) is 7.11. The molecule has 0 spiro atoms. The molecule has 1 unspecified atom stereocenters. The maximum atomic E-state index is 13.1. The van der Waals surface area contributed by atoms with E-state index in [0.29, 0.717) is 17.6 Å². The second-order valence-corrected chi connectivity index (χ2v) is 10.1. The van der Waals surface area contributed by atoms with Crippen LogP contribution >= 0.6 is 0 Å². The molecule has 1 fully saturated rings. The summed E-state index contributed by atoms with van der Waals surface area (Å²) in [5.41, 5.74) is -0.168. The highest BCUT2D eigenvalue weighted by Gasteiger charge is 2.46. The Morgan fingerprint density at radius 2 is 1.76 bits per heavy atom. The van der Waals surface area contributed by atoms with Gasteiger partial charge in [-0.25, -0.2) is 0 Å². The van der Waals surface area contributed by atoms with Crippen LogP contribution < -0.4 is 25.5 Å². The Bertz CT molecular complexity index is 1750. The molecule has 3 heterocycles. The molecule has 5 amide bonds. The van der Waals surface area contributed by atoms with Gasteiger partial charge in [-0.1, -0.05) is 6.07 Å². The number of ether oxygens (including phenoxy) is 4. The van der Waals surface area contributed by atoms with Crippen LogP contribution in [0.4, 0.5) is 0 Å². The van der Waals surface area contributed by atoms with Gasteiger partial charge in [-0.3, -0.25) is 43.8 Å². The average Bonchev–Trinajstić information content (AvgIpc) is 3.30. The molecule has 0 radical (unpaired) electrons. The number of imide groups is 2. The summed E-state index contributed by atoms with van der Waals surface area (Å²) in [4.78, 5) is 86.0. The third-order valence-corrected chi connectivity index (χ3v) is 7.12. The number of aldehydes is 1. The molecule has 15 heteroatoms. The van der Waals surface area contributed by atoms with Crippen molar-refractivity contribution in [3.8, 4) is 11.5 Å². The number of fused-ring (bicyclic) bond motifs is 2. The molecule has 0 saturated carbocycles. The zero-order chi connectivity index (χ0) is 32.6. The van der Waals surface area contributed by atoms with Crippen molar-refractivity contribution in [3.05, 3.63) is 69.6 Å². The summed E-state index contributed by atoms with van der Waals surface area (Å²) in [7, 11) is 0. The van der Waals surface area contributed by atoms with Gasteiger partial charge in [-0.2, -0.15) is 0 Å². The second-order valence-electron chi connectivity index (χ2n) is 10.1.